The molecule has 1 aliphatic rings. The van der Waals surface area contributed by atoms with Gasteiger partial charge < -0.3 is 10.1 Å². The van der Waals surface area contributed by atoms with E-state index in [1.807, 2.05) is 0 Å². The smallest absolute Gasteiger partial charge is 0.271 e. The number of benzene rings is 1. The molecule has 114 valence electrons. The van der Waals surface area contributed by atoms with E-state index in [4.69, 9.17) is 27.9 Å². The molecule has 1 aliphatic heterocycles. The number of nitro groups is 1. The van der Waals surface area contributed by atoms with Crippen LogP contribution in [0, 0.1) is 16.0 Å². The van der Waals surface area contributed by atoms with E-state index in [0.717, 1.165) is 25.0 Å². The van der Waals surface area contributed by atoms with Crippen molar-refractivity contribution in [1.29, 1.82) is 0 Å². The second kappa shape index (κ2) is 7.06. The van der Waals surface area contributed by atoms with Gasteiger partial charge in [-0.15, -0.1) is 0 Å². The van der Waals surface area contributed by atoms with E-state index in [0.29, 0.717) is 25.7 Å². The Kier molecular flexibility index (Phi) is 5.39. The topological polar surface area (TPSA) is 81.5 Å². The largest absolute Gasteiger partial charge is 0.381 e. The molecule has 2 rings (SSSR count). The molecule has 1 amide bonds. The van der Waals surface area contributed by atoms with E-state index in [2.05, 4.69) is 5.32 Å². The molecule has 0 saturated carbocycles. The summed E-state index contributed by atoms with van der Waals surface area (Å²) in [5.74, 6) is -0.118. The summed E-state index contributed by atoms with van der Waals surface area (Å²) in [4.78, 5) is 22.3. The van der Waals surface area contributed by atoms with E-state index in [1.54, 1.807) is 0 Å². The van der Waals surface area contributed by atoms with Crippen LogP contribution in [0.25, 0.3) is 0 Å². The lowest BCUT2D eigenvalue weighted by atomic mass is 10.0. The molecule has 0 spiro atoms. The van der Waals surface area contributed by atoms with Gasteiger partial charge in [-0.3, -0.25) is 14.9 Å². The normalized spacial score (nSPS) is 15.7. The van der Waals surface area contributed by atoms with Gasteiger partial charge >= 0.3 is 0 Å². The van der Waals surface area contributed by atoms with Crippen molar-refractivity contribution in [2.24, 2.45) is 5.92 Å². The average molecular weight is 333 g/mol. The van der Waals surface area contributed by atoms with Gasteiger partial charge in [0.2, 0.25) is 0 Å². The number of carbonyl (C=O) groups is 1. The van der Waals surface area contributed by atoms with Crippen LogP contribution in [0.15, 0.2) is 12.1 Å². The van der Waals surface area contributed by atoms with Crippen LogP contribution >= 0.6 is 23.2 Å². The molecule has 0 unspecified atom stereocenters. The number of non-ortho nitro benzene ring substituents is 1. The quantitative estimate of drug-likeness (QED) is 0.678. The van der Waals surface area contributed by atoms with Gasteiger partial charge in [0.15, 0.2) is 0 Å². The number of hydrogen-bond donors (Lipinski definition) is 1. The summed E-state index contributed by atoms with van der Waals surface area (Å²) in [6, 6.07) is 2.26. The average Bonchev–Trinajstić information content (AvgIpc) is 2.48. The van der Waals surface area contributed by atoms with E-state index < -0.39 is 10.8 Å². The molecule has 1 saturated heterocycles. The molecule has 0 bridgehead atoms. The predicted molar refractivity (Wildman–Crippen MR) is 79.0 cm³/mol. The minimum absolute atomic E-state index is 0.0120. The van der Waals surface area contributed by atoms with Gasteiger partial charge in [0.05, 0.1) is 20.5 Å². The zero-order valence-corrected chi connectivity index (χ0v) is 12.6. The summed E-state index contributed by atoms with van der Waals surface area (Å²) >= 11 is 11.8. The van der Waals surface area contributed by atoms with Crippen molar-refractivity contribution >= 4 is 34.8 Å². The molecule has 0 aliphatic carbocycles. The lowest BCUT2D eigenvalue weighted by molar-refractivity contribution is -0.384. The molecule has 1 aromatic carbocycles. The van der Waals surface area contributed by atoms with Crippen LogP contribution in [0.5, 0.6) is 0 Å². The minimum Gasteiger partial charge on any atom is -0.381 e. The molecule has 1 heterocycles. The fourth-order valence-corrected chi connectivity index (χ4v) is 2.54. The Morgan fingerprint density at radius 2 is 2.05 bits per heavy atom. The molecule has 21 heavy (non-hydrogen) atoms. The molecule has 8 heteroatoms. The molecule has 1 N–H and O–H groups in total. The summed E-state index contributed by atoms with van der Waals surface area (Å²) in [5.41, 5.74) is -0.247. The maximum atomic E-state index is 12.1. The van der Waals surface area contributed by atoms with Crippen LogP contribution in [0.1, 0.15) is 23.2 Å². The number of hydrogen-bond acceptors (Lipinski definition) is 4. The Hall–Kier alpha value is -1.37. The highest BCUT2D eigenvalue weighted by Crippen LogP contribution is 2.30. The van der Waals surface area contributed by atoms with Crippen molar-refractivity contribution in [3.05, 3.63) is 37.9 Å². The van der Waals surface area contributed by atoms with Crippen LogP contribution in [0.2, 0.25) is 10.0 Å². The zero-order chi connectivity index (χ0) is 15.4. The number of amides is 1. The summed E-state index contributed by atoms with van der Waals surface area (Å²) in [6.45, 7) is 1.85. The second-order valence-corrected chi connectivity index (χ2v) is 5.60. The number of nitrogens with one attached hydrogen (secondary N) is 1. The molecular formula is C13H14Cl2N2O4. The Morgan fingerprint density at radius 3 is 2.67 bits per heavy atom. The first-order valence-corrected chi connectivity index (χ1v) is 7.24. The first-order valence-electron chi connectivity index (χ1n) is 6.48. The second-order valence-electron chi connectivity index (χ2n) is 4.81. The van der Waals surface area contributed by atoms with E-state index in [1.165, 1.54) is 0 Å². The van der Waals surface area contributed by atoms with Gasteiger partial charge in [0.1, 0.15) is 0 Å². The summed E-state index contributed by atoms with van der Waals surface area (Å²) in [5, 5.41) is 13.6. The lowest BCUT2D eigenvalue weighted by Crippen LogP contribution is -2.32. The fraction of sp³-hybridized carbons (Fsp3) is 0.462. The van der Waals surface area contributed by atoms with Crippen LogP contribution in [-0.2, 0) is 4.74 Å². The molecule has 1 fully saturated rings. The third-order valence-corrected chi connectivity index (χ3v) is 4.16. The molecule has 0 atom stereocenters. The number of nitrogens with zero attached hydrogens (tertiary/aromatic N) is 1. The number of nitro benzene ring substituents is 1. The van der Waals surface area contributed by atoms with E-state index >= 15 is 0 Å². The molecule has 0 aromatic heterocycles. The van der Waals surface area contributed by atoms with Crippen LogP contribution in [0.3, 0.4) is 0 Å². The van der Waals surface area contributed by atoms with Gasteiger partial charge in [0, 0.05) is 31.9 Å². The van der Waals surface area contributed by atoms with Gasteiger partial charge in [-0.25, -0.2) is 0 Å². The Morgan fingerprint density at radius 1 is 1.38 bits per heavy atom. The third-order valence-electron chi connectivity index (χ3n) is 3.36. The third kappa shape index (κ3) is 4.06. The minimum atomic E-state index is -0.614. The molecule has 0 radical (unpaired) electrons. The van der Waals surface area contributed by atoms with E-state index in [-0.39, 0.29) is 21.3 Å². The SMILES string of the molecule is O=C(NCC1CCOCC1)c1cc([N+](=O)[O-])cc(Cl)c1Cl. The number of rotatable bonds is 4. The van der Waals surface area contributed by atoms with Crippen molar-refractivity contribution in [2.45, 2.75) is 12.8 Å². The highest BCUT2D eigenvalue weighted by Gasteiger charge is 2.21. The maximum Gasteiger partial charge on any atom is 0.271 e. The summed E-state index contributed by atoms with van der Waals surface area (Å²) < 4.78 is 5.24. The highest BCUT2D eigenvalue weighted by molar-refractivity contribution is 6.44. The van der Waals surface area contributed by atoms with Crippen molar-refractivity contribution in [1.82, 2.24) is 5.32 Å². The Labute approximate surface area is 131 Å². The molecule has 1 aromatic rings. The summed E-state index contributed by atoms with van der Waals surface area (Å²) in [6.07, 6.45) is 1.76. The maximum absolute atomic E-state index is 12.1. The predicted octanol–water partition coefficient (Wildman–Crippen LogP) is 3.06. The standard InChI is InChI=1S/C13H14Cl2N2O4/c14-11-6-9(17(19)20)5-10(12(11)15)13(18)16-7-8-1-3-21-4-2-8/h5-6,8H,1-4,7H2,(H,16,18). The number of carbonyl (C=O) groups excluding carboxylic acids is 1. The van der Waals surface area contributed by atoms with Crippen LogP contribution in [-0.4, -0.2) is 30.6 Å². The number of halogens is 2. The first-order chi connectivity index (χ1) is 9.99. The van der Waals surface area contributed by atoms with Crippen molar-refractivity contribution in [2.75, 3.05) is 19.8 Å². The summed E-state index contributed by atoms with van der Waals surface area (Å²) in [7, 11) is 0. The van der Waals surface area contributed by atoms with Gasteiger partial charge in [-0.2, -0.15) is 0 Å². The molecular weight excluding hydrogens is 319 g/mol. The molecule has 6 nitrogen and oxygen atoms in total. The van der Waals surface area contributed by atoms with Crippen LogP contribution in [0.4, 0.5) is 5.69 Å². The van der Waals surface area contributed by atoms with Gasteiger partial charge in [0.25, 0.3) is 11.6 Å². The number of ether oxygens (including phenoxy) is 1. The van der Waals surface area contributed by atoms with Crippen molar-refractivity contribution in [3.8, 4) is 0 Å². The van der Waals surface area contributed by atoms with E-state index in [9.17, 15) is 14.9 Å². The van der Waals surface area contributed by atoms with Gasteiger partial charge in [-0.1, -0.05) is 23.2 Å². The Balaban J connectivity index is 2.09. The van der Waals surface area contributed by atoms with Crippen molar-refractivity contribution in [3.63, 3.8) is 0 Å². The highest BCUT2D eigenvalue weighted by atomic mass is 35.5. The monoisotopic (exact) mass is 332 g/mol. The van der Waals surface area contributed by atoms with Crippen LogP contribution < -0.4 is 5.32 Å². The van der Waals surface area contributed by atoms with Gasteiger partial charge in [-0.05, 0) is 18.8 Å². The van der Waals surface area contributed by atoms with Crippen molar-refractivity contribution < 1.29 is 14.5 Å². The first kappa shape index (κ1) is 16.0. The lowest BCUT2D eigenvalue weighted by Gasteiger charge is -2.22. The fourth-order valence-electron chi connectivity index (χ4n) is 2.13. The Bertz CT molecular complexity index is 559. The zero-order valence-electron chi connectivity index (χ0n) is 11.1.